The standard InChI is InChI=1S/C31H38N2O10/c1-30(2)38-18-22(41-30)24-25(26-28(40-24)43-31(3,4)42-26)39-27(35)21(15-19-11-7-5-8-12-19)33-23(34)16-32-29(36)37-17-20-13-9-6-10-14-20/h5-14,21-22,24-26,28H,15-18H2,1-4H3,(H,32,36)(H,33,34)/t21-,22-,24-,25+,26+,28+/m0/s1. The van der Waals surface area contributed by atoms with E-state index in [0.717, 1.165) is 11.1 Å². The molecule has 0 bridgehead atoms. The first-order chi connectivity index (χ1) is 20.5. The van der Waals surface area contributed by atoms with Gasteiger partial charge in [-0.05, 0) is 38.8 Å². The van der Waals surface area contributed by atoms with Gasteiger partial charge in [-0.15, -0.1) is 0 Å². The van der Waals surface area contributed by atoms with E-state index in [4.69, 9.17) is 33.2 Å². The van der Waals surface area contributed by atoms with Crippen LogP contribution in [0.2, 0.25) is 0 Å². The van der Waals surface area contributed by atoms with Crippen LogP contribution in [0.1, 0.15) is 38.8 Å². The van der Waals surface area contributed by atoms with Crippen molar-refractivity contribution in [2.24, 2.45) is 0 Å². The summed E-state index contributed by atoms with van der Waals surface area (Å²) in [4.78, 5) is 38.7. The zero-order chi connectivity index (χ0) is 30.6. The van der Waals surface area contributed by atoms with Crippen LogP contribution < -0.4 is 10.6 Å². The quantitative estimate of drug-likeness (QED) is 0.392. The van der Waals surface area contributed by atoms with E-state index in [2.05, 4.69) is 10.6 Å². The summed E-state index contributed by atoms with van der Waals surface area (Å²) < 4.78 is 41.0. The Balaban J connectivity index is 1.24. The molecular formula is C31H38N2O10. The van der Waals surface area contributed by atoms with E-state index in [1.165, 1.54) is 0 Å². The minimum absolute atomic E-state index is 0.0551. The molecule has 0 unspecified atom stereocenters. The van der Waals surface area contributed by atoms with Crippen LogP contribution in [0, 0.1) is 0 Å². The molecule has 232 valence electrons. The molecule has 3 heterocycles. The molecule has 0 aromatic heterocycles. The largest absolute Gasteiger partial charge is 0.455 e. The van der Waals surface area contributed by atoms with E-state index in [0.29, 0.717) is 0 Å². The third-order valence-corrected chi connectivity index (χ3v) is 7.18. The third kappa shape index (κ3) is 8.09. The number of hydrogen-bond donors (Lipinski definition) is 2. The van der Waals surface area contributed by atoms with Crippen molar-refractivity contribution in [3.8, 4) is 0 Å². The van der Waals surface area contributed by atoms with E-state index in [9.17, 15) is 14.4 Å². The summed E-state index contributed by atoms with van der Waals surface area (Å²) >= 11 is 0. The number of carbonyl (C=O) groups excluding carboxylic acids is 3. The highest BCUT2D eigenvalue weighted by Crippen LogP contribution is 2.42. The van der Waals surface area contributed by atoms with Crippen molar-refractivity contribution in [3.05, 3.63) is 71.8 Å². The molecule has 2 aromatic carbocycles. The summed E-state index contributed by atoms with van der Waals surface area (Å²) in [5.74, 6) is -3.08. The maximum atomic E-state index is 13.7. The Kier molecular flexibility index (Phi) is 9.33. The Labute approximate surface area is 250 Å². The topological polar surface area (TPSA) is 140 Å². The van der Waals surface area contributed by atoms with Gasteiger partial charge in [-0.25, -0.2) is 9.59 Å². The monoisotopic (exact) mass is 598 g/mol. The number of esters is 1. The van der Waals surface area contributed by atoms with Crippen LogP contribution in [0.3, 0.4) is 0 Å². The van der Waals surface area contributed by atoms with E-state index < -0.39 is 72.8 Å². The number of hydrogen-bond acceptors (Lipinski definition) is 10. The van der Waals surface area contributed by atoms with Crippen molar-refractivity contribution in [2.75, 3.05) is 13.2 Å². The minimum atomic E-state index is -1.08. The number of rotatable bonds is 10. The molecule has 2 N–H and O–H groups in total. The van der Waals surface area contributed by atoms with Crippen molar-refractivity contribution < 1.29 is 47.5 Å². The molecule has 12 heteroatoms. The van der Waals surface area contributed by atoms with Gasteiger partial charge in [-0.1, -0.05) is 60.7 Å². The number of amides is 2. The van der Waals surface area contributed by atoms with Crippen molar-refractivity contribution in [2.45, 2.75) is 89.0 Å². The lowest BCUT2D eigenvalue weighted by Crippen LogP contribution is -2.51. The lowest BCUT2D eigenvalue weighted by Gasteiger charge is -2.30. The van der Waals surface area contributed by atoms with E-state index in [-0.39, 0.29) is 19.6 Å². The second kappa shape index (κ2) is 13.0. The highest BCUT2D eigenvalue weighted by atomic mass is 16.8. The fourth-order valence-electron chi connectivity index (χ4n) is 5.25. The lowest BCUT2D eigenvalue weighted by atomic mass is 10.0. The van der Waals surface area contributed by atoms with Gasteiger partial charge in [0.25, 0.3) is 0 Å². The summed E-state index contributed by atoms with van der Waals surface area (Å²) in [5.41, 5.74) is 1.61. The predicted molar refractivity (Wildman–Crippen MR) is 150 cm³/mol. The van der Waals surface area contributed by atoms with E-state index in [1.807, 2.05) is 60.7 Å². The maximum Gasteiger partial charge on any atom is 0.407 e. The molecule has 2 aromatic rings. The average molecular weight is 599 g/mol. The molecule has 0 saturated carbocycles. The van der Waals surface area contributed by atoms with Gasteiger partial charge in [0.1, 0.15) is 31.4 Å². The van der Waals surface area contributed by atoms with Crippen LogP contribution in [0.4, 0.5) is 4.79 Å². The average Bonchev–Trinajstić information content (AvgIpc) is 3.60. The van der Waals surface area contributed by atoms with E-state index in [1.54, 1.807) is 27.7 Å². The molecule has 6 atom stereocenters. The van der Waals surface area contributed by atoms with Gasteiger partial charge < -0.3 is 43.8 Å². The first-order valence-electron chi connectivity index (χ1n) is 14.3. The fraction of sp³-hybridized carbons (Fsp3) is 0.516. The van der Waals surface area contributed by atoms with Gasteiger partial charge in [0.15, 0.2) is 30.1 Å². The summed E-state index contributed by atoms with van der Waals surface area (Å²) in [6.45, 7) is 6.95. The zero-order valence-electron chi connectivity index (χ0n) is 24.6. The number of ether oxygens (including phenoxy) is 7. The minimum Gasteiger partial charge on any atom is -0.455 e. The Morgan fingerprint density at radius 1 is 0.884 bits per heavy atom. The molecular weight excluding hydrogens is 560 g/mol. The van der Waals surface area contributed by atoms with Gasteiger partial charge >= 0.3 is 12.1 Å². The molecule has 3 fully saturated rings. The van der Waals surface area contributed by atoms with Crippen LogP contribution in [-0.2, 0) is 55.8 Å². The van der Waals surface area contributed by atoms with Crippen molar-refractivity contribution >= 4 is 18.0 Å². The smallest absolute Gasteiger partial charge is 0.407 e. The predicted octanol–water partition coefficient (Wildman–Crippen LogP) is 2.58. The summed E-state index contributed by atoms with van der Waals surface area (Å²) in [5, 5.41) is 5.10. The van der Waals surface area contributed by atoms with Gasteiger partial charge in [0, 0.05) is 6.42 Å². The Bertz CT molecular complexity index is 1270. The van der Waals surface area contributed by atoms with Crippen LogP contribution in [-0.4, -0.2) is 79.4 Å². The first-order valence-corrected chi connectivity index (χ1v) is 14.3. The molecule has 0 radical (unpaired) electrons. The molecule has 3 saturated heterocycles. The molecule has 3 aliphatic rings. The molecule has 0 aliphatic carbocycles. The normalized spacial score (nSPS) is 27.6. The molecule has 43 heavy (non-hydrogen) atoms. The number of carbonyl (C=O) groups is 3. The second-order valence-electron chi connectivity index (χ2n) is 11.6. The maximum absolute atomic E-state index is 13.7. The zero-order valence-corrected chi connectivity index (χ0v) is 24.6. The van der Waals surface area contributed by atoms with Crippen LogP contribution in [0.5, 0.6) is 0 Å². The Hall–Kier alpha value is -3.55. The number of nitrogens with one attached hydrogen (secondary N) is 2. The van der Waals surface area contributed by atoms with E-state index >= 15 is 0 Å². The number of alkyl carbamates (subject to hydrolysis) is 1. The Morgan fingerprint density at radius 2 is 1.56 bits per heavy atom. The van der Waals surface area contributed by atoms with Crippen molar-refractivity contribution in [1.82, 2.24) is 10.6 Å². The number of benzene rings is 2. The lowest BCUT2D eigenvalue weighted by molar-refractivity contribution is -0.235. The number of fused-ring (bicyclic) bond motifs is 1. The highest BCUT2D eigenvalue weighted by Gasteiger charge is 2.60. The van der Waals surface area contributed by atoms with Crippen LogP contribution >= 0.6 is 0 Å². The van der Waals surface area contributed by atoms with Gasteiger partial charge in [-0.2, -0.15) is 0 Å². The fourth-order valence-corrected chi connectivity index (χ4v) is 5.25. The second-order valence-corrected chi connectivity index (χ2v) is 11.6. The van der Waals surface area contributed by atoms with Gasteiger partial charge in [-0.3, -0.25) is 4.79 Å². The summed E-state index contributed by atoms with van der Waals surface area (Å²) in [6, 6.07) is 17.3. The van der Waals surface area contributed by atoms with Crippen molar-refractivity contribution in [1.29, 1.82) is 0 Å². The first kappa shape index (κ1) is 30.9. The van der Waals surface area contributed by atoms with Crippen LogP contribution in [0.15, 0.2) is 60.7 Å². The highest BCUT2D eigenvalue weighted by molar-refractivity contribution is 5.87. The SMILES string of the molecule is CC1(C)O[C@H]2O[C@@H]([C@@H]3COC(C)(C)O3)[C@@H](OC(=O)[C@H](Cc3ccccc3)NC(=O)CNC(=O)OCc3ccccc3)[C@H]2O1. The van der Waals surface area contributed by atoms with Gasteiger partial charge in [0.2, 0.25) is 5.91 Å². The molecule has 5 rings (SSSR count). The van der Waals surface area contributed by atoms with Gasteiger partial charge in [0.05, 0.1) is 6.61 Å². The molecule has 12 nitrogen and oxygen atoms in total. The molecule has 3 aliphatic heterocycles. The molecule has 0 spiro atoms. The summed E-state index contributed by atoms with van der Waals surface area (Å²) in [6.07, 6.45) is -4.28. The molecule has 2 amide bonds. The summed E-state index contributed by atoms with van der Waals surface area (Å²) in [7, 11) is 0. The Morgan fingerprint density at radius 3 is 2.21 bits per heavy atom. The third-order valence-electron chi connectivity index (χ3n) is 7.18. The van der Waals surface area contributed by atoms with Crippen LogP contribution in [0.25, 0.3) is 0 Å². The van der Waals surface area contributed by atoms with Crippen molar-refractivity contribution in [3.63, 3.8) is 0 Å².